The minimum atomic E-state index is -0.679. The first-order chi connectivity index (χ1) is 10.1. The zero-order chi connectivity index (χ0) is 14.8. The number of hydrogen-bond donors (Lipinski definition) is 0. The fourth-order valence-electron chi connectivity index (χ4n) is 2.67. The molecule has 0 fully saturated rings. The van der Waals surface area contributed by atoms with Crippen molar-refractivity contribution < 1.29 is 18.3 Å². The van der Waals surface area contributed by atoms with E-state index in [0.717, 1.165) is 29.5 Å². The van der Waals surface area contributed by atoms with Gasteiger partial charge in [0.05, 0.1) is 12.2 Å². The molecule has 21 heavy (non-hydrogen) atoms. The third-order valence-corrected chi connectivity index (χ3v) is 3.74. The summed E-state index contributed by atoms with van der Waals surface area (Å²) in [6, 6.07) is 10.5. The monoisotopic (exact) mass is 288 g/mol. The second kappa shape index (κ2) is 5.64. The van der Waals surface area contributed by atoms with Crippen molar-refractivity contribution in [2.75, 3.05) is 6.61 Å². The van der Waals surface area contributed by atoms with E-state index in [1.54, 1.807) is 0 Å². The predicted octanol–water partition coefficient (Wildman–Crippen LogP) is 4.10. The van der Waals surface area contributed by atoms with Crippen LogP contribution in [0.25, 0.3) is 0 Å². The summed E-state index contributed by atoms with van der Waals surface area (Å²) >= 11 is 0. The Hall–Kier alpha value is -2.23. The van der Waals surface area contributed by atoms with Crippen LogP contribution in [0.15, 0.2) is 42.5 Å². The normalized spacial score (nSPS) is 17.0. The van der Waals surface area contributed by atoms with Gasteiger partial charge in [0.1, 0.15) is 17.4 Å². The highest BCUT2D eigenvalue weighted by Crippen LogP contribution is 2.36. The van der Waals surface area contributed by atoms with Crippen LogP contribution < -0.4 is 4.74 Å². The van der Waals surface area contributed by atoms with E-state index in [1.807, 2.05) is 24.3 Å². The molecule has 4 heteroatoms. The Bertz CT molecular complexity index is 682. The Labute approximate surface area is 121 Å². The lowest BCUT2D eigenvalue weighted by molar-refractivity contribution is 0.0961. The molecular weight excluding hydrogens is 274 g/mol. The molecule has 1 aliphatic rings. The summed E-state index contributed by atoms with van der Waals surface area (Å²) in [5.74, 6) is -0.922. The first-order valence-electron chi connectivity index (χ1n) is 6.85. The lowest BCUT2D eigenvalue weighted by Crippen LogP contribution is -2.17. The Morgan fingerprint density at radius 1 is 1.19 bits per heavy atom. The number of hydrogen-bond acceptors (Lipinski definition) is 2. The number of halogens is 2. The van der Waals surface area contributed by atoms with Gasteiger partial charge in [-0.2, -0.15) is 0 Å². The first kappa shape index (κ1) is 13.7. The van der Waals surface area contributed by atoms with Crippen molar-refractivity contribution in [3.05, 3.63) is 65.2 Å². The summed E-state index contributed by atoms with van der Waals surface area (Å²) in [6.45, 7) is 0.528. The van der Waals surface area contributed by atoms with Crippen LogP contribution in [0.4, 0.5) is 8.78 Å². The van der Waals surface area contributed by atoms with Crippen molar-refractivity contribution in [1.29, 1.82) is 0 Å². The number of fused-ring (bicyclic) bond motifs is 1. The van der Waals surface area contributed by atoms with Crippen molar-refractivity contribution in [3.63, 3.8) is 0 Å². The highest BCUT2D eigenvalue weighted by Gasteiger charge is 2.25. The fourth-order valence-corrected chi connectivity index (χ4v) is 2.67. The van der Waals surface area contributed by atoms with E-state index in [-0.39, 0.29) is 23.7 Å². The molecule has 2 nitrogen and oxygen atoms in total. The Balaban J connectivity index is 1.84. The van der Waals surface area contributed by atoms with Gasteiger partial charge in [-0.25, -0.2) is 8.78 Å². The van der Waals surface area contributed by atoms with Crippen LogP contribution in [0.2, 0.25) is 0 Å². The molecule has 0 N–H and O–H groups in total. The van der Waals surface area contributed by atoms with E-state index < -0.39 is 11.6 Å². The number of rotatable bonds is 3. The minimum absolute atomic E-state index is 0.0230. The largest absolute Gasteiger partial charge is 0.493 e. The molecule has 1 atom stereocenters. The summed E-state index contributed by atoms with van der Waals surface area (Å²) in [7, 11) is 0. The van der Waals surface area contributed by atoms with Crippen molar-refractivity contribution in [2.24, 2.45) is 0 Å². The zero-order valence-corrected chi connectivity index (χ0v) is 11.3. The average molecular weight is 288 g/mol. The standard InChI is InChI=1S/C17H14F2O2/c18-12-5-6-15(19)14(10-12)16(20)9-11-7-8-21-17-4-2-1-3-13(11)17/h1-6,10-11H,7-9H2. The van der Waals surface area contributed by atoms with Gasteiger partial charge in [-0.05, 0) is 42.2 Å². The summed E-state index contributed by atoms with van der Waals surface area (Å²) in [5.41, 5.74) is 0.771. The van der Waals surface area contributed by atoms with Gasteiger partial charge >= 0.3 is 0 Å². The van der Waals surface area contributed by atoms with Gasteiger partial charge in [0.15, 0.2) is 5.78 Å². The van der Waals surface area contributed by atoms with Gasteiger partial charge in [-0.15, -0.1) is 0 Å². The third-order valence-electron chi connectivity index (χ3n) is 3.74. The van der Waals surface area contributed by atoms with Crippen LogP contribution in [-0.4, -0.2) is 12.4 Å². The van der Waals surface area contributed by atoms with Crippen LogP contribution in [0.5, 0.6) is 5.75 Å². The van der Waals surface area contributed by atoms with Crippen LogP contribution >= 0.6 is 0 Å². The second-order valence-electron chi connectivity index (χ2n) is 5.12. The number of ketones is 1. The maximum atomic E-state index is 13.7. The van der Waals surface area contributed by atoms with E-state index in [4.69, 9.17) is 4.74 Å². The van der Waals surface area contributed by atoms with E-state index in [9.17, 15) is 13.6 Å². The molecule has 0 saturated heterocycles. The van der Waals surface area contributed by atoms with Crippen molar-refractivity contribution in [2.45, 2.75) is 18.8 Å². The van der Waals surface area contributed by atoms with Crippen molar-refractivity contribution in [1.82, 2.24) is 0 Å². The van der Waals surface area contributed by atoms with Gasteiger partial charge < -0.3 is 4.74 Å². The van der Waals surface area contributed by atoms with Crippen LogP contribution in [-0.2, 0) is 0 Å². The van der Waals surface area contributed by atoms with Crippen LogP contribution in [0.1, 0.15) is 34.7 Å². The highest BCUT2D eigenvalue weighted by molar-refractivity contribution is 5.96. The predicted molar refractivity (Wildman–Crippen MR) is 74.6 cm³/mol. The number of ether oxygens (including phenoxy) is 1. The number of carbonyl (C=O) groups is 1. The van der Waals surface area contributed by atoms with E-state index in [2.05, 4.69) is 0 Å². The SMILES string of the molecule is O=C(CC1CCOc2ccccc21)c1cc(F)ccc1F. The molecule has 1 aliphatic heterocycles. The third kappa shape index (κ3) is 2.79. The molecule has 0 amide bonds. The number of para-hydroxylation sites is 1. The first-order valence-corrected chi connectivity index (χ1v) is 6.85. The van der Waals surface area contributed by atoms with Crippen LogP contribution in [0, 0.1) is 11.6 Å². The van der Waals surface area contributed by atoms with E-state index in [0.29, 0.717) is 13.0 Å². The van der Waals surface area contributed by atoms with E-state index >= 15 is 0 Å². The van der Waals surface area contributed by atoms with Crippen molar-refractivity contribution >= 4 is 5.78 Å². The molecule has 0 radical (unpaired) electrons. The Morgan fingerprint density at radius 3 is 2.86 bits per heavy atom. The number of benzene rings is 2. The number of carbonyl (C=O) groups excluding carboxylic acids is 1. The van der Waals surface area contributed by atoms with Gasteiger partial charge in [0, 0.05) is 6.42 Å². The highest BCUT2D eigenvalue weighted by atomic mass is 19.1. The molecule has 0 aliphatic carbocycles. The molecule has 0 aromatic heterocycles. The summed E-state index contributed by atoms with van der Waals surface area (Å²) in [4.78, 5) is 12.2. The fraction of sp³-hybridized carbons (Fsp3) is 0.235. The second-order valence-corrected chi connectivity index (χ2v) is 5.12. The van der Waals surface area contributed by atoms with Gasteiger partial charge in [-0.1, -0.05) is 18.2 Å². The van der Waals surface area contributed by atoms with Gasteiger partial charge in [0.25, 0.3) is 0 Å². The van der Waals surface area contributed by atoms with E-state index in [1.165, 1.54) is 0 Å². The molecule has 2 aromatic rings. The average Bonchev–Trinajstić information content (AvgIpc) is 2.50. The molecule has 1 unspecified atom stereocenters. The number of Topliss-reactive ketones (excluding diaryl/α,β-unsaturated/α-hetero) is 1. The molecule has 1 heterocycles. The molecule has 0 saturated carbocycles. The zero-order valence-electron chi connectivity index (χ0n) is 11.3. The quantitative estimate of drug-likeness (QED) is 0.795. The maximum Gasteiger partial charge on any atom is 0.166 e. The molecule has 0 bridgehead atoms. The Morgan fingerprint density at radius 2 is 2.00 bits per heavy atom. The Kier molecular flexibility index (Phi) is 3.69. The molecular formula is C17H14F2O2. The lowest BCUT2D eigenvalue weighted by atomic mass is 9.87. The minimum Gasteiger partial charge on any atom is -0.493 e. The lowest BCUT2D eigenvalue weighted by Gasteiger charge is -2.25. The summed E-state index contributed by atoms with van der Waals surface area (Å²) in [5, 5.41) is 0. The molecule has 2 aromatic carbocycles. The topological polar surface area (TPSA) is 26.3 Å². The smallest absolute Gasteiger partial charge is 0.166 e. The summed E-state index contributed by atoms with van der Waals surface area (Å²) in [6.07, 6.45) is 0.848. The van der Waals surface area contributed by atoms with Crippen molar-refractivity contribution in [3.8, 4) is 5.75 Å². The maximum absolute atomic E-state index is 13.7. The van der Waals surface area contributed by atoms with Gasteiger partial charge in [0.2, 0.25) is 0 Å². The molecule has 108 valence electrons. The summed E-state index contributed by atoms with van der Waals surface area (Å²) < 4.78 is 32.4. The van der Waals surface area contributed by atoms with Crippen LogP contribution in [0.3, 0.4) is 0 Å². The molecule has 0 spiro atoms. The van der Waals surface area contributed by atoms with Gasteiger partial charge in [-0.3, -0.25) is 4.79 Å². The molecule has 3 rings (SSSR count).